The number of benzene rings is 1. The molecular formula is C23H20N4O2S. The van der Waals surface area contributed by atoms with Crippen molar-refractivity contribution in [2.24, 2.45) is 0 Å². The minimum atomic E-state index is -0.491. The number of allylic oxidation sites excluding steroid dienone is 2. The molecule has 0 saturated heterocycles. The van der Waals surface area contributed by atoms with Crippen molar-refractivity contribution in [2.75, 3.05) is 5.32 Å². The summed E-state index contributed by atoms with van der Waals surface area (Å²) in [6.45, 7) is 0. The Morgan fingerprint density at radius 2 is 1.87 bits per heavy atom. The second-order valence-corrected chi connectivity index (χ2v) is 8.35. The predicted octanol–water partition coefficient (Wildman–Crippen LogP) is 4.02. The molecule has 30 heavy (non-hydrogen) atoms. The largest absolute Gasteiger partial charge is 0.343 e. The first-order valence-electron chi connectivity index (χ1n) is 9.96. The maximum Gasteiger partial charge on any atom is 0.257 e. The van der Waals surface area contributed by atoms with E-state index < -0.39 is 5.92 Å². The van der Waals surface area contributed by atoms with Gasteiger partial charge in [-0.25, -0.2) is 4.98 Å². The van der Waals surface area contributed by atoms with Crippen LogP contribution in [0.15, 0.2) is 75.9 Å². The molecule has 0 amide bonds. The Balaban J connectivity index is 1.57. The predicted molar refractivity (Wildman–Crippen MR) is 116 cm³/mol. The van der Waals surface area contributed by atoms with Gasteiger partial charge in [0.25, 0.3) is 5.56 Å². The summed E-state index contributed by atoms with van der Waals surface area (Å²) in [5.41, 5.74) is 3.61. The second kappa shape index (κ2) is 7.91. The smallest absolute Gasteiger partial charge is 0.257 e. The number of aromatic nitrogens is 3. The molecule has 0 bridgehead atoms. The van der Waals surface area contributed by atoms with E-state index in [9.17, 15) is 9.59 Å². The van der Waals surface area contributed by atoms with Crippen LogP contribution >= 0.6 is 11.8 Å². The molecule has 7 heteroatoms. The lowest BCUT2D eigenvalue weighted by atomic mass is 9.78. The third-order valence-electron chi connectivity index (χ3n) is 5.44. The molecule has 1 atom stereocenters. The van der Waals surface area contributed by atoms with Gasteiger partial charge in [0.05, 0.1) is 17.2 Å². The van der Waals surface area contributed by atoms with E-state index in [2.05, 4.69) is 15.3 Å². The Morgan fingerprint density at radius 3 is 2.67 bits per heavy atom. The molecule has 0 radical (unpaired) electrons. The standard InChI is InChI=1S/C23H20N4O2S/c28-17-11-6-10-16-18(17)19(15-9-4-5-12-24-15)20-21(25-16)26-23(27-22(20)29)30-13-14-7-2-1-3-8-14/h1-5,7-9,12,19H,6,10-11,13H2,(H2,25,26,27,29). The number of hydrogen-bond acceptors (Lipinski definition) is 6. The summed E-state index contributed by atoms with van der Waals surface area (Å²) >= 11 is 1.48. The van der Waals surface area contributed by atoms with Crippen LogP contribution in [-0.2, 0) is 10.5 Å². The van der Waals surface area contributed by atoms with Crippen LogP contribution in [0.4, 0.5) is 5.82 Å². The van der Waals surface area contributed by atoms with E-state index in [1.807, 2.05) is 48.5 Å². The Morgan fingerprint density at radius 1 is 1.03 bits per heavy atom. The highest BCUT2D eigenvalue weighted by Gasteiger charge is 2.38. The minimum absolute atomic E-state index is 0.0759. The number of nitrogens with zero attached hydrogens (tertiary/aromatic N) is 2. The van der Waals surface area contributed by atoms with Crippen molar-refractivity contribution in [1.82, 2.24) is 15.0 Å². The monoisotopic (exact) mass is 416 g/mol. The molecule has 1 aliphatic carbocycles. The first-order valence-corrected chi connectivity index (χ1v) is 10.9. The maximum atomic E-state index is 13.2. The van der Waals surface area contributed by atoms with E-state index in [1.165, 1.54) is 11.8 Å². The van der Waals surface area contributed by atoms with Crippen LogP contribution in [0.3, 0.4) is 0 Å². The number of pyridine rings is 1. The molecule has 1 unspecified atom stereocenters. The van der Waals surface area contributed by atoms with Crippen molar-refractivity contribution in [3.8, 4) is 0 Å². The summed E-state index contributed by atoms with van der Waals surface area (Å²) < 4.78 is 0. The number of ketones is 1. The molecule has 2 N–H and O–H groups in total. The molecule has 1 aromatic carbocycles. The quantitative estimate of drug-likeness (QED) is 0.493. The number of carbonyl (C=O) groups excluding carboxylic acids is 1. The number of thioether (sulfide) groups is 1. The van der Waals surface area contributed by atoms with Crippen LogP contribution < -0.4 is 10.9 Å². The van der Waals surface area contributed by atoms with Gasteiger partial charge in [0, 0.05) is 29.6 Å². The minimum Gasteiger partial charge on any atom is -0.343 e. The van der Waals surface area contributed by atoms with Crippen LogP contribution in [-0.4, -0.2) is 20.7 Å². The number of aromatic amines is 1. The number of fused-ring (bicyclic) bond motifs is 1. The summed E-state index contributed by atoms with van der Waals surface area (Å²) in [6.07, 6.45) is 3.75. The van der Waals surface area contributed by atoms with Crippen molar-refractivity contribution in [3.05, 3.63) is 93.2 Å². The van der Waals surface area contributed by atoms with Gasteiger partial charge < -0.3 is 10.3 Å². The van der Waals surface area contributed by atoms with Crippen LogP contribution in [0.2, 0.25) is 0 Å². The summed E-state index contributed by atoms with van der Waals surface area (Å²) in [6, 6.07) is 15.6. The van der Waals surface area contributed by atoms with Gasteiger partial charge in [-0.05, 0) is 30.5 Å². The molecule has 1 aliphatic heterocycles. The maximum absolute atomic E-state index is 13.2. The van der Waals surface area contributed by atoms with Gasteiger partial charge >= 0.3 is 0 Å². The van der Waals surface area contributed by atoms with Crippen LogP contribution in [0.1, 0.15) is 42.0 Å². The molecule has 2 aromatic heterocycles. The fourth-order valence-electron chi connectivity index (χ4n) is 4.08. The van der Waals surface area contributed by atoms with Crippen molar-refractivity contribution < 1.29 is 4.79 Å². The number of Topliss-reactive ketones (excluding diaryl/α,β-unsaturated/α-hetero) is 1. The van der Waals surface area contributed by atoms with Crippen molar-refractivity contribution in [2.45, 2.75) is 36.1 Å². The first-order chi connectivity index (χ1) is 14.7. The molecule has 0 fully saturated rings. The van der Waals surface area contributed by atoms with Crippen LogP contribution in [0.25, 0.3) is 0 Å². The number of H-pyrrole nitrogens is 1. The highest BCUT2D eigenvalue weighted by atomic mass is 32.2. The van der Waals surface area contributed by atoms with Gasteiger partial charge in [-0.2, -0.15) is 0 Å². The van der Waals surface area contributed by atoms with E-state index in [-0.39, 0.29) is 11.3 Å². The Bertz CT molecular complexity index is 1190. The third-order valence-corrected chi connectivity index (χ3v) is 6.38. The molecular weight excluding hydrogens is 396 g/mol. The van der Waals surface area contributed by atoms with Crippen molar-refractivity contribution >= 4 is 23.4 Å². The first kappa shape index (κ1) is 18.8. The number of carbonyl (C=O) groups is 1. The summed E-state index contributed by atoms with van der Waals surface area (Å²) in [5.74, 6) is 0.818. The zero-order valence-electron chi connectivity index (χ0n) is 16.2. The van der Waals surface area contributed by atoms with Gasteiger partial charge in [-0.15, -0.1) is 0 Å². The Labute approximate surface area is 177 Å². The van der Waals surface area contributed by atoms with Gasteiger partial charge in [0.2, 0.25) is 0 Å². The molecule has 0 spiro atoms. The lowest BCUT2D eigenvalue weighted by Gasteiger charge is -2.32. The van der Waals surface area contributed by atoms with Crippen molar-refractivity contribution in [1.29, 1.82) is 0 Å². The van der Waals surface area contributed by atoms with E-state index >= 15 is 0 Å². The highest BCUT2D eigenvalue weighted by Crippen LogP contribution is 2.42. The number of rotatable bonds is 4. The van der Waals surface area contributed by atoms with E-state index in [0.29, 0.717) is 40.0 Å². The summed E-state index contributed by atoms with van der Waals surface area (Å²) in [5, 5.41) is 3.85. The lowest BCUT2D eigenvalue weighted by molar-refractivity contribution is -0.116. The van der Waals surface area contributed by atoms with Crippen LogP contribution in [0.5, 0.6) is 0 Å². The van der Waals surface area contributed by atoms with Gasteiger partial charge in [0.1, 0.15) is 5.82 Å². The second-order valence-electron chi connectivity index (χ2n) is 7.39. The summed E-state index contributed by atoms with van der Waals surface area (Å²) in [7, 11) is 0. The molecule has 6 nitrogen and oxygen atoms in total. The highest BCUT2D eigenvalue weighted by molar-refractivity contribution is 7.98. The lowest BCUT2D eigenvalue weighted by Crippen LogP contribution is -2.33. The average molecular weight is 417 g/mol. The van der Waals surface area contributed by atoms with Gasteiger partial charge in [-0.3, -0.25) is 14.6 Å². The molecule has 0 saturated carbocycles. The SMILES string of the molecule is O=C1CCCC2=C1C(c1ccccn1)c1c(nc(SCc3ccccc3)[nH]c1=O)N2. The molecule has 3 aromatic rings. The van der Waals surface area contributed by atoms with Crippen LogP contribution in [0, 0.1) is 0 Å². The topological polar surface area (TPSA) is 87.7 Å². The van der Waals surface area contributed by atoms with Gasteiger partial charge in [-0.1, -0.05) is 48.2 Å². The van der Waals surface area contributed by atoms with Crippen molar-refractivity contribution in [3.63, 3.8) is 0 Å². The van der Waals surface area contributed by atoms with E-state index in [0.717, 1.165) is 24.1 Å². The normalized spacial score (nSPS) is 17.9. The van der Waals surface area contributed by atoms with Gasteiger partial charge in [0.15, 0.2) is 10.9 Å². The van der Waals surface area contributed by atoms with E-state index in [1.54, 1.807) is 6.20 Å². The fraction of sp³-hybridized carbons (Fsp3) is 0.217. The zero-order valence-corrected chi connectivity index (χ0v) is 17.0. The molecule has 2 aliphatic rings. The number of nitrogens with one attached hydrogen (secondary N) is 2. The molecule has 150 valence electrons. The number of hydrogen-bond donors (Lipinski definition) is 2. The van der Waals surface area contributed by atoms with E-state index in [4.69, 9.17) is 4.98 Å². The Kier molecular flexibility index (Phi) is 4.96. The molecule has 3 heterocycles. The summed E-state index contributed by atoms with van der Waals surface area (Å²) in [4.78, 5) is 38.0. The molecule has 5 rings (SSSR count). The number of anilines is 1. The fourth-order valence-corrected chi connectivity index (χ4v) is 4.89. The Hall–Kier alpha value is -3.19. The zero-order chi connectivity index (χ0) is 20.5. The average Bonchev–Trinajstić information content (AvgIpc) is 2.78. The third kappa shape index (κ3) is 3.45.